The van der Waals surface area contributed by atoms with Crippen molar-refractivity contribution >= 4 is 69.6 Å². The zero-order valence-corrected chi connectivity index (χ0v) is 55.7. The van der Waals surface area contributed by atoms with Crippen LogP contribution in [0.4, 0.5) is 10.2 Å². The third-order valence-corrected chi connectivity index (χ3v) is 19.2. The number of esters is 2. The van der Waals surface area contributed by atoms with Gasteiger partial charge in [-0.15, -0.1) is 0 Å². The van der Waals surface area contributed by atoms with Crippen LogP contribution in [-0.2, 0) is 57.2 Å². The van der Waals surface area contributed by atoms with Crippen molar-refractivity contribution in [1.29, 1.82) is 0 Å². The molecule has 8 heterocycles. The number of carboxylic acids is 1. The summed E-state index contributed by atoms with van der Waals surface area (Å²) in [5, 5.41) is 55.5. The number of rotatable bonds is 14. The number of ether oxygens (including phenoxy) is 8. The second-order valence-electron chi connectivity index (χ2n) is 26.8. The van der Waals surface area contributed by atoms with E-state index in [1.165, 1.54) is 93.0 Å². The van der Waals surface area contributed by atoms with E-state index < -0.39 is 189 Å². The number of amides is 2. The summed E-state index contributed by atoms with van der Waals surface area (Å²) < 4.78 is 66.3. The number of ketones is 3. The van der Waals surface area contributed by atoms with Crippen molar-refractivity contribution in [2.45, 2.75) is 169 Å². The topological polar surface area (TPSA) is 375 Å². The van der Waals surface area contributed by atoms with Crippen LogP contribution in [0, 0.1) is 47.7 Å². The summed E-state index contributed by atoms with van der Waals surface area (Å²) in [6.07, 6.45) is 0.736. The van der Waals surface area contributed by atoms with Crippen LogP contribution in [0.5, 0.6) is 11.5 Å². The summed E-state index contributed by atoms with van der Waals surface area (Å²) in [5.74, 6) is -16.5. The highest BCUT2D eigenvalue weighted by molar-refractivity contribution is 6.31. The average molecular weight is 1350 g/mol. The van der Waals surface area contributed by atoms with Crippen molar-refractivity contribution in [1.82, 2.24) is 20.2 Å². The van der Waals surface area contributed by atoms with Crippen LogP contribution in [0.15, 0.2) is 70.1 Å². The summed E-state index contributed by atoms with van der Waals surface area (Å²) in [6, 6.07) is 0.841. The van der Waals surface area contributed by atoms with Gasteiger partial charge >= 0.3 is 23.7 Å². The van der Waals surface area contributed by atoms with Gasteiger partial charge < -0.3 is 83.3 Å². The van der Waals surface area contributed by atoms with E-state index in [0.29, 0.717) is 18.6 Å². The molecule has 1 aromatic carbocycles. The predicted octanol–water partition coefficient (Wildman–Crippen LogP) is 5.34. The van der Waals surface area contributed by atoms with Gasteiger partial charge in [0, 0.05) is 98.8 Å². The number of carbonyl (C=O) groups excluding carboxylic acids is 7. The molecule has 2 unspecified atom stereocenters. The zero-order valence-electron chi connectivity index (χ0n) is 55.7. The van der Waals surface area contributed by atoms with E-state index >= 15 is 4.39 Å². The van der Waals surface area contributed by atoms with Gasteiger partial charge in [0.25, 0.3) is 11.7 Å². The van der Waals surface area contributed by atoms with E-state index in [1.54, 1.807) is 30.2 Å². The number of pyridine rings is 2. The molecule has 0 radical (unpaired) electrons. The Labute approximate surface area is 556 Å². The van der Waals surface area contributed by atoms with Crippen molar-refractivity contribution in [2.75, 3.05) is 38.4 Å². The zero-order chi connectivity index (χ0) is 70.6. The highest BCUT2D eigenvalue weighted by atomic mass is 19.1. The van der Waals surface area contributed by atoms with Gasteiger partial charge in [-0.3, -0.25) is 38.4 Å². The van der Waals surface area contributed by atoms with E-state index in [1.807, 2.05) is 0 Å². The maximum Gasteiger partial charge on any atom is 0.341 e. The summed E-state index contributed by atoms with van der Waals surface area (Å²) in [6.45, 7) is 16.2. The number of carboxylic acid groups (broad SMARTS) is 1. The number of aliphatic hydroxyl groups is 2. The number of aromatic hydroxyl groups is 1. The second-order valence-corrected chi connectivity index (χ2v) is 26.8. The first-order chi connectivity index (χ1) is 45.7. The second kappa shape index (κ2) is 28.0. The maximum absolute atomic E-state index is 16.0. The molecule has 15 atom stereocenters. The lowest BCUT2D eigenvalue weighted by molar-refractivity contribution is -0.246. The summed E-state index contributed by atoms with van der Waals surface area (Å²) in [5.41, 5.74) is -4.50. The number of carbonyl (C=O) groups is 8. The van der Waals surface area contributed by atoms with Crippen LogP contribution in [0.1, 0.15) is 148 Å². The number of allylic oxidation sites excluding steroid dienone is 4. The fraction of sp³-hybridized carbons (Fsp3) is 0.544. The van der Waals surface area contributed by atoms with E-state index in [-0.39, 0.29) is 78.2 Å². The number of nitrogens with one attached hydrogen (secondary N) is 2. The Morgan fingerprint density at radius 3 is 2.39 bits per heavy atom. The van der Waals surface area contributed by atoms with E-state index in [4.69, 9.17) is 42.7 Å². The molecule has 2 aliphatic carbocycles. The van der Waals surface area contributed by atoms with Crippen LogP contribution in [0.3, 0.4) is 0 Å². The highest BCUT2D eigenvalue weighted by Crippen LogP contribution is 2.48. The van der Waals surface area contributed by atoms with Gasteiger partial charge in [0.05, 0.1) is 82.2 Å². The molecule has 29 heteroatoms. The van der Waals surface area contributed by atoms with Crippen molar-refractivity contribution in [3.63, 3.8) is 0 Å². The molecule has 0 spiro atoms. The molecule has 3 aromatic rings. The van der Waals surface area contributed by atoms with E-state index in [9.17, 15) is 63.6 Å². The van der Waals surface area contributed by atoms with Crippen molar-refractivity contribution in [3.05, 3.63) is 104 Å². The van der Waals surface area contributed by atoms with Gasteiger partial charge in [-0.1, -0.05) is 44.2 Å². The molecule has 2 amide bonds. The number of hydrogen-bond donors (Lipinski definition) is 6. The Morgan fingerprint density at radius 2 is 1.71 bits per heavy atom. The Kier molecular flexibility index (Phi) is 20.5. The van der Waals surface area contributed by atoms with Crippen LogP contribution >= 0.6 is 0 Å². The number of anilines is 1. The van der Waals surface area contributed by atoms with Gasteiger partial charge in [0.2, 0.25) is 17.1 Å². The Bertz CT molecular complexity index is 3950. The molecule has 11 rings (SSSR count). The van der Waals surface area contributed by atoms with Crippen LogP contribution in [0.2, 0.25) is 0 Å². The van der Waals surface area contributed by atoms with E-state index in [0.717, 1.165) is 18.4 Å². The fourth-order valence-corrected chi connectivity index (χ4v) is 13.4. The number of phenolic OH excluding ortho intramolecular Hbond substituents is 1. The maximum atomic E-state index is 16.0. The molecule has 5 bridgehead atoms. The lowest BCUT2D eigenvalue weighted by Gasteiger charge is -2.41. The minimum Gasteiger partial charge on any atom is -0.507 e. The monoisotopic (exact) mass is 1350 g/mol. The summed E-state index contributed by atoms with van der Waals surface area (Å²) in [7, 11) is 1.32. The molecule has 3 saturated heterocycles. The lowest BCUT2D eigenvalue weighted by atomic mass is 9.77. The number of aliphatic hydroxyl groups excluding tert-OH is 2. The quantitative estimate of drug-likeness (QED) is 0.0875. The third-order valence-electron chi connectivity index (χ3n) is 19.2. The Balaban J connectivity index is 0.906. The van der Waals surface area contributed by atoms with E-state index in [2.05, 4.69) is 20.8 Å². The molecule has 6 aliphatic heterocycles. The predicted molar refractivity (Wildman–Crippen MR) is 340 cm³/mol. The lowest BCUT2D eigenvalue weighted by Crippen LogP contribution is -2.50. The number of oxime groups is 1. The fourth-order valence-electron chi connectivity index (χ4n) is 13.4. The summed E-state index contributed by atoms with van der Waals surface area (Å²) in [4.78, 5) is 134. The van der Waals surface area contributed by atoms with Crippen molar-refractivity contribution in [3.8, 4) is 11.5 Å². The number of benzene rings is 1. The molecular weight excluding hydrogens is 1270 g/mol. The Morgan fingerprint density at radius 1 is 0.990 bits per heavy atom. The van der Waals surface area contributed by atoms with Crippen molar-refractivity contribution in [2.24, 2.45) is 40.2 Å². The molecule has 6 N–H and O–H groups in total. The normalized spacial score (nSPS) is 31.3. The van der Waals surface area contributed by atoms with Gasteiger partial charge in [0.1, 0.15) is 54.9 Å². The molecule has 97 heavy (non-hydrogen) atoms. The molecule has 4 fully saturated rings. The Hall–Kier alpha value is -8.74. The number of phenols is 1. The largest absolute Gasteiger partial charge is 0.507 e. The number of Topliss-reactive ketones (excluding diaryl/α,β-unsaturated/α-hetero) is 2. The minimum atomic E-state index is -2.22. The first kappa shape index (κ1) is 71.0. The third kappa shape index (κ3) is 14.2. The molecule has 522 valence electrons. The number of halogens is 1. The standard InChI is InChI=1S/C68H81FN6O22/c1-29-14-13-15-39(34(6)94-66(88)67(9,10)23-48(78)70-24-37-25-74(27-44(37)73-89-12)63-42(69)20-40-56(82)41(65(86)87)26-75(38-16-17-38)62(40)72-63)54(80)31(3)53(79)32(4)58(95-36(8)76)30(2)46(96-49-22-47-60(35(7)93-49)91-28-90-47)18-19-92-68(11)61(84)52-50-45(77)21-43(71-64(29)85)57(83)51(50)55(81)33(5)59(52)97-68/h13-15,18-21,26,30-32,34-35,37-39,46-47,49,53-54,58,60,79-81H,16-17,22-25,27-28H2,1-12H3,(H,70,78)(H,71,85)(H,86,87)/b15-13+,19-18+,29-14-,73-44+/t30-,31+,32-,34?,35-,37?,39-,46+,47+,49+,53-,54-,58-,60-,68+/m1/s1. The molecular formula is C68H81FN6O22. The number of fused-ring (bicyclic) bond motifs is 16. The van der Waals surface area contributed by atoms with Crippen molar-refractivity contribution < 1.29 is 106 Å². The SMILES string of the molecule is CO/N=C1\CN(c2nc3c(cc2F)c(=O)c(C(=O)O)cn3C2CC2)CC1CNC(=O)CC(C)(C)C(=O)OC(C)[C@H]1/C=C/C=C(/C)C(=O)NC2=CC(=O)c3c(c(O)c(C)c4c3C(=O)[C@@](C)(O/C=C/[C@H](O[C@H]3C[C@@H]5OCO[C@@H]5[C@@H](C)O3)[C@@H](C)[C@@H](OC(C)=O)[C@H](C)[C@H](O)[C@H](C)[C@H]1O)O4)C2=O. The number of aromatic carboxylic acids is 1. The van der Waals surface area contributed by atoms with Gasteiger partial charge in [-0.05, 0) is 66.5 Å². The molecule has 2 aromatic heterocycles. The number of hydrogen-bond acceptors (Lipinski definition) is 24. The summed E-state index contributed by atoms with van der Waals surface area (Å²) >= 11 is 0. The minimum absolute atomic E-state index is 0.00217. The molecule has 8 aliphatic rings. The highest BCUT2D eigenvalue weighted by Gasteiger charge is 2.53. The van der Waals surface area contributed by atoms with Crippen LogP contribution < -0.4 is 25.7 Å². The van der Waals surface area contributed by atoms with Gasteiger partial charge in [-0.2, -0.15) is 0 Å². The number of nitrogens with zero attached hydrogens (tertiary/aromatic N) is 4. The number of aromatic nitrogens is 2. The smallest absolute Gasteiger partial charge is 0.341 e. The first-order valence-corrected chi connectivity index (χ1v) is 32.1. The van der Waals surface area contributed by atoms with Gasteiger partial charge in [-0.25, -0.2) is 14.2 Å². The average Bonchev–Trinajstić information content (AvgIpc) is 1.62. The van der Waals surface area contributed by atoms with Crippen LogP contribution in [0.25, 0.3) is 11.0 Å². The molecule has 28 nitrogen and oxygen atoms in total. The first-order valence-electron chi connectivity index (χ1n) is 32.1. The van der Waals surface area contributed by atoms with Gasteiger partial charge in [0.15, 0.2) is 23.7 Å². The van der Waals surface area contributed by atoms with Crippen LogP contribution in [-0.4, -0.2) is 177 Å². The molecule has 1 saturated carbocycles.